The minimum atomic E-state index is -0.507. The van der Waals surface area contributed by atoms with Crippen molar-refractivity contribution in [3.8, 4) is 0 Å². The first-order valence-corrected chi connectivity index (χ1v) is 3.00. The van der Waals surface area contributed by atoms with Gasteiger partial charge < -0.3 is 13.3 Å². The van der Waals surface area contributed by atoms with E-state index in [9.17, 15) is 4.79 Å². The number of rotatable bonds is 2. The second-order valence-corrected chi connectivity index (χ2v) is 2.27. The number of carbonyl (C=O) groups is 1. The van der Waals surface area contributed by atoms with Crippen molar-refractivity contribution in [3.63, 3.8) is 0 Å². The average Bonchev–Trinajstić information content (AvgIpc) is 1.63. The summed E-state index contributed by atoms with van der Waals surface area (Å²) < 4.78 is 4.75. The van der Waals surface area contributed by atoms with Crippen LogP contribution in [0, 0.1) is 0 Å². The van der Waals surface area contributed by atoms with Gasteiger partial charge in [-0.15, -0.1) is 0 Å². The molecular formula is C6H15CaNO2. The minimum Gasteiger partial charge on any atom is -1.00 e. The van der Waals surface area contributed by atoms with Gasteiger partial charge in [-0.1, -0.05) is 0 Å². The Hall–Kier alpha value is 0.690. The molecule has 0 unspecified atom stereocenters. The van der Waals surface area contributed by atoms with E-state index in [0.29, 0.717) is 0 Å². The number of nitrogens with two attached hydrogens (primary N) is 1. The Morgan fingerprint density at radius 2 is 1.90 bits per heavy atom. The van der Waals surface area contributed by atoms with Gasteiger partial charge in [0.15, 0.2) is 0 Å². The minimum absolute atomic E-state index is 0. The van der Waals surface area contributed by atoms with Crippen molar-refractivity contribution in [2.24, 2.45) is 5.73 Å². The SMILES string of the molecule is CC(C)OC(=O)[C@H](C)N.[Ca+2].[H-].[H-]. The number of hydrogen-bond donors (Lipinski definition) is 1. The molecule has 2 N–H and O–H groups in total. The van der Waals surface area contributed by atoms with Crippen LogP contribution >= 0.6 is 0 Å². The van der Waals surface area contributed by atoms with Crippen molar-refractivity contribution in [2.75, 3.05) is 0 Å². The predicted molar refractivity (Wildman–Crippen MR) is 42.9 cm³/mol. The molecule has 0 saturated heterocycles. The molecule has 0 bridgehead atoms. The summed E-state index contributed by atoms with van der Waals surface area (Å²) in [5, 5.41) is 0. The van der Waals surface area contributed by atoms with Crippen molar-refractivity contribution < 1.29 is 12.4 Å². The monoisotopic (exact) mass is 173 g/mol. The van der Waals surface area contributed by atoms with Crippen LogP contribution in [0.25, 0.3) is 0 Å². The van der Waals surface area contributed by atoms with E-state index in [1.807, 2.05) is 0 Å². The van der Waals surface area contributed by atoms with E-state index in [4.69, 9.17) is 10.5 Å². The first kappa shape index (κ1) is 13.3. The second-order valence-electron chi connectivity index (χ2n) is 2.27. The Morgan fingerprint density at radius 1 is 1.50 bits per heavy atom. The van der Waals surface area contributed by atoms with Crippen LogP contribution < -0.4 is 5.73 Å². The first-order chi connectivity index (χ1) is 4.04. The van der Waals surface area contributed by atoms with Crippen LogP contribution in [0.5, 0.6) is 0 Å². The van der Waals surface area contributed by atoms with Crippen molar-refractivity contribution in [2.45, 2.75) is 32.9 Å². The first-order valence-electron chi connectivity index (χ1n) is 3.00. The normalized spacial score (nSPS) is 12.1. The van der Waals surface area contributed by atoms with Crippen molar-refractivity contribution in [1.82, 2.24) is 0 Å². The second kappa shape index (κ2) is 6.40. The van der Waals surface area contributed by atoms with E-state index >= 15 is 0 Å². The maximum atomic E-state index is 10.6. The molecule has 4 heteroatoms. The molecule has 0 aliphatic rings. The van der Waals surface area contributed by atoms with Gasteiger partial charge in [0.1, 0.15) is 6.04 Å². The van der Waals surface area contributed by atoms with Gasteiger partial charge in [-0.2, -0.15) is 0 Å². The molecule has 0 aromatic rings. The number of hydrogen-bond acceptors (Lipinski definition) is 3. The maximum Gasteiger partial charge on any atom is 2.00 e. The summed E-state index contributed by atoms with van der Waals surface area (Å²) in [6.07, 6.45) is -0.0662. The van der Waals surface area contributed by atoms with Gasteiger partial charge in [-0.25, -0.2) is 0 Å². The molecule has 3 nitrogen and oxygen atoms in total. The van der Waals surface area contributed by atoms with Crippen LogP contribution in [0.2, 0.25) is 0 Å². The summed E-state index contributed by atoms with van der Waals surface area (Å²) in [5.74, 6) is -0.343. The molecule has 0 heterocycles. The fourth-order valence-corrected chi connectivity index (χ4v) is 0.340. The van der Waals surface area contributed by atoms with Gasteiger partial charge >= 0.3 is 43.7 Å². The Labute approximate surface area is 94.3 Å². The molecule has 10 heavy (non-hydrogen) atoms. The molecule has 0 aromatic heterocycles. The maximum absolute atomic E-state index is 10.6. The molecule has 0 rings (SSSR count). The summed E-state index contributed by atoms with van der Waals surface area (Å²) in [6.45, 7) is 5.19. The Kier molecular flexibility index (Phi) is 8.51. The molecule has 0 spiro atoms. The third kappa shape index (κ3) is 6.80. The van der Waals surface area contributed by atoms with Gasteiger partial charge in [-0.05, 0) is 20.8 Å². The average molecular weight is 173 g/mol. The van der Waals surface area contributed by atoms with Crippen LogP contribution in [0.4, 0.5) is 0 Å². The number of esters is 1. The largest absolute Gasteiger partial charge is 2.00 e. The van der Waals surface area contributed by atoms with E-state index < -0.39 is 6.04 Å². The third-order valence-electron chi connectivity index (χ3n) is 0.724. The van der Waals surface area contributed by atoms with Crippen LogP contribution in [0.3, 0.4) is 0 Å². The Morgan fingerprint density at radius 3 is 2.00 bits per heavy atom. The molecular weight excluding hydrogens is 158 g/mol. The van der Waals surface area contributed by atoms with E-state index in [-0.39, 0.29) is 52.7 Å². The molecule has 0 fully saturated rings. The smallest absolute Gasteiger partial charge is 1.00 e. The van der Waals surface area contributed by atoms with Crippen LogP contribution in [-0.2, 0) is 9.53 Å². The number of ether oxygens (including phenoxy) is 1. The van der Waals surface area contributed by atoms with Gasteiger partial charge in [0.2, 0.25) is 0 Å². The van der Waals surface area contributed by atoms with Gasteiger partial charge in [0.05, 0.1) is 6.10 Å². The van der Waals surface area contributed by atoms with Crippen molar-refractivity contribution in [3.05, 3.63) is 0 Å². The van der Waals surface area contributed by atoms with E-state index in [2.05, 4.69) is 0 Å². The zero-order valence-corrected chi connectivity index (χ0v) is 8.96. The molecule has 0 aliphatic carbocycles. The predicted octanol–water partition coefficient (Wildman–Crippen LogP) is 0.129. The van der Waals surface area contributed by atoms with E-state index in [1.165, 1.54) is 0 Å². The van der Waals surface area contributed by atoms with E-state index in [1.54, 1.807) is 20.8 Å². The molecule has 0 amide bonds. The fraction of sp³-hybridized carbons (Fsp3) is 0.833. The zero-order chi connectivity index (χ0) is 7.44. The summed E-state index contributed by atoms with van der Waals surface area (Å²) in [5.41, 5.74) is 5.21. The Bertz CT molecular complexity index is 112. The molecule has 1 atom stereocenters. The van der Waals surface area contributed by atoms with Crippen molar-refractivity contribution >= 4 is 43.7 Å². The summed E-state index contributed by atoms with van der Waals surface area (Å²) >= 11 is 0. The fourth-order valence-electron chi connectivity index (χ4n) is 0.340. The quantitative estimate of drug-likeness (QED) is 0.477. The summed E-state index contributed by atoms with van der Waals surface area (Å²) in [4.78, 5) is 10.6. The summed E-state index contributed by atoms with van der Waals surface area (Å²) in [6, 6.07) is -0.507. The van der Waals surface area contributed by atoms with Gasteiger partial charge in [-0.3, -0.25) is 4.79 Å². The third-order valence-corrected chi connectivity index (χ3v) is 0.724. The number of carbonyl (C=O) groups excluding carboxylic acids is 1. The molecule has 0 aromatic carbocycles. The van der Waals surface area contributed by atoms with Crippen LogP contribution in [0.1, 0.15) is 23.6 Å². The zero-order valence-electron chi connectivity index (χ0n) is 8.76. The molecule has 0 saturated carbocycles. The van der Waals surface area contributed by atoms with E-state index in [0.717, 1.165) is 0 Å². The topological polar surface area (TPSA) is 52.3 Å². The summed E-state index contributed by atoms with van der Waals surface area (Å²) in [7, 11) is 0. The van der Waals surface area contributed by atoms with Crippen LogP contribution in [-0.4, -0.2) is 55.9 Å². The van der Waals surface area contributed by atoms with Crippen LogP contribution in [0.15, 0.2) is 0 Å². The van der Waals surface area contributed by atoms with Gasteiger partial charge in [0.25, 0.3) is 0 Å². The molecule has 0 aliphatic heterocycles. The Balaban J connectivity index is -0.000000107. The van der Waals surface area contributed by atoms with Gasteiger partial charge in [0, 0.05) is 0 Å². The standard InChI is InChI=1S/C6H13NO2.Ca.2H/c1-4(2)9-6(8)5(3)7;;;/h4-5H,7H2,1-3H3;;;/q;+2;2*-1/t5-;;;/m0.../s1. The molecule has 58 valence electrons. The van der Waals surface area contributed by atoms with Crippen molar-refractivity contribution in [1.29, 1.82) is 0 Å². The molecule has 0 radical (unpaired) electrons.